The Morgan fingerprint density at radius 3 is 2.62 bits per heavy atom. The number of carbonyl (C=O) groups excluding carboxylic acids is 1. The summed E-state index contributed by atoms with van der Waals surface area (Å²) in [6.07, 6.45) is 1.57. The van der Waals surface area contributed by atoms with Crippen molar-refractivity contribution in [2.75, 3.05) is 5.32 Å². The van der Waals surface area contributed by atoms with E-state index in [2.05, 4.69) is 20.6 Å². The SMILES string of the molecule is Cc1cccc(Nc2nccc(C(=O)NC(C)(C)C)n2)c1. The Bertz CT molecular complexity index is 647. The molecule has 2 N–H and O–H groups in total. The molecule has 21 heavy (non-hydrogen) atoms. The van der Waals surface area contributed by atoms with Gasteiger partial charge in [0.1, 0.15) is 5.69 Å². The lowest BCUT2D eigenvalue weighted by molar-refractivity contribution is 0.0914. The quantitative estimate of drug-likeness (QED) is 0.909. The molecule has 1 heterocycles. The fourth-order valence-electron chi connectivity index (χ4n) is 1.80. The van der Waals surface area contributed by atoms with E-state index in [-0.39, 0.29) is 11.4 Å². The highest BCUT2D eigenvalue weighted by Crippen LogP contribution is 2.14. The van der Waals surface area contributed by atoms with Gasteiger partial charge in [-0.15, -0.1) is 0 Å². The van der Waals surface area contributed by atoms with E-state index in [1.165, 1.54) is 0 Å². The summed E-state index contributed by atoms with van der Waals surface area (Å²) < 4.78 is 0. The van der Waals surface area contributed by atoms with Crippen molar-refractivity contribution >= 4 is 17.5 Å². The molecule has 0 aliphatic carbocycles. The molecule has 0 fully saturated rings. The first-order valence-corrected chi connectivity index (χ1v) is 6.83. The topological polar surface area (TPSA) is 66.9 Å². The van der Waals surface area contributed by atoms with Crippen molar-refractivity contribution in [3.05, 3.63) is 47.8 Å². The van der Waals surface area contributed by atoms with Crippen LogP contribution >= 0.6 is 0 Å². The number of amides is 1. The Kier molecular flexibility index (Phi) is 4.21. The predicted molar refractivity (Wildman–Crippen MR) is 83.7 cm³/mol. The summed E-state index contributed by atoms with van der Waals surface area (Å²) >= 11 is 0. The van der Waals surface area contributed by atoms with Gasteiger partial charge in [-0.05, 0) is 51.5 Å². The molecule has 0 unspecified atom stereocenters. The standard InChI is InChI=1S/C16H20N4O/c1-11-6-5-7-12(10-11)18-15-17-9-8-13(19-15)14(21)20-16(2,3)4/h5-10H,1-4H3,(H,20,21)(H,17,18,19). The van der Waals surface area contributed by atoms with Gasteiger partial charge in [0.05, 0.1) is 0 Å². The molecule has 0 aliphatic heterocycles. The number of anilines is 2. The van der Waals surface area contributed by atoms with Gasteiger partial charge in [0.2, 0.25) is 5.95 Å². The third kappa shape index (κ3) is 4.56. The van der Waals surface area contributed by atoms with Gasteiger partial charge in [0, 0.05) is 17.4 Å². The minimum atomic E-state index is -0.299. The van der Waals surface area contributed by atoms with Crippen molar-refractivity contribution in [1.29, 1.82) is 0 Å². The Morgan fingerprint density at radius 2 is 1.95 bits per heavy atom. The molecular weight excluding hydrogens is 264 g/mol. The maximum Gasteiger partial charge on any atom is 0.270 e. The first kappa shape index (κ1) is 15.0. The molecule has 2 aromatic rings. The summed E-state index contributed by atoms with van der Waals surface area (Å²) in [5.74, 6) is 0.194. The maximum absolute atomic E-state index is 12.1. The molecule has 1 aromatic heterocycles. The normalized spacial score (nSPS) is 11.0. The van der Waals surface area contributed by atoms with Crippen LogP contribution in [0.5, 0.6) is 0 Å². The third-order valence-electron chi connectivity index (χ3n) is 2.65. The van der Waals surface area contributed by atoms with Crippen LogP contribution in [-0.4, -0.2) is 21.4 Å². The number of aromatic nitrogens is 2. The van der Waals surface area contributed by atoms with Gasteiger partial charge in [-0.25, -0.2) is 9.97 Å². The highest BCUT2D eigenvalue weighted by molar-refractivity contribution is 5.92. The highest BCUT2D eigenvalue weighted by atomic mass is 16.2. The first-order chi connectivity index (χ1) is 9.83. The van der Waals surface area contributed by atoms with Crippen LogP contribution in [0.3, 0.4) is 0 Å². The maximum atomic E-state index is 12.1. The molecule has 0 saturated carbocycles. The molecule has 0 bridgehead atoms. The first-order valence-electron chi connectivity index (χ1n) is 6.83. The number of nitrogens with zero attached hydrogens (tertiary/aromatic N) is 2. The van der Waals surface area contributed by atoms with Crippen LogP contribution < -0.4 is 10.6 Å². The zero-order chi connectivity index (χ0) is 15.5. The van der Waals surface area contributed by atoms with Crippen molar-refractivity contribution in [1.82, 2.24) is 15.3 Å². The fraction of sp³-hybridized carbons (Fsp3) is 0.312. The van der Waals surface area contributed by atoms with Crippen LogP contribution in [0.2, 0.25) is 0 Å². The van der Waals surface area contributed by atoms with Crippen molar-refractivity contribution in [3.8, 4) is 0 Å². The summed E-state index contributed by atoms with van der Waals surface area (Å²) in [7, 11) is 0. The summed E-state index contributed by atoms with van der Waals surface area (Å²) in [4.78, 5) is 20.5. The second-order valence-electron chi connectivity index (χ2n) is 5.96. The van der Waals surface area contributed by atoms with E-state index in [4.69, 9.17) is 0 Å². The molecule has 0 radical (unpaired) electrons. The minimum absolute atomic E-state index is 0.211. The van der Waals surface area contributed by atoms with Crippen LogP contribution in [0.15, 0.2) is 36.5 Å². The number of hydrogen-bond acceptors (Lipinski definition) is 4. The summed E-state index contributed by atoms with van der Waals surface area (Å²) in [6, 6.07) is 9.49. The number of benzene rings is 1. The van der Waals surface area contributed by atoms with E-state index >= 15 is 0 Å². The van der Waals surface area contributed by atoms with Crippen LogP contribution in [0, 0.1) is 6.92 Å². The zero-order valence-electron chi connectivity index (χ0n) is 12.8. The van der Waals surface area contributed by atoms with Gasteiger partial charge in [0.15, 0.2) is 0 Å². The molecule has 5 nitrogen and oxygen atoms in total. The van der Waals surface area contributed by atoms with Gasteiger partial charge >= 0.3 is 0 Å². The van der Waals surface area contributed by atoms with Crippen molar-refractivity contribution in [2.45, 2.75) is 33.2 Å². The molecule has 5 heteroatoms. The smallest absolute Gasteiger partial charge is 0.270 e. The number of hydrogen-bond donors (Lipinski definition) is 2. The Balaban J connectivity index is 2.16. The van der Waals surface area contributed by atoms with E-state index in [9.17, 15) is 4.79 Å². The number of nitrogens with one attached hydrogen (secondary N) is 2. The Morgan fingerprint density at radius 1 is 1.19 bits per heavy atom. The lowest BCUT2D eigenvalue weighted by Crippen LogP contribution is -2.41. The fourth-order valence-corrected chi connectivity index (χ4v) is 1.80. The summed E-state index contributed by atoms with van der Waals surface area (Å²) in [5, 5.41) is 5.98. The molecule has 0 spiro atoms. The van der Waals surface area contributed by atoms with Gasteiger partial charge in [-0.1, -0.05) is 12.1 Å². The van der Waals surface area contributed by atoms with E-state index in [1.54, 1.807) is 12.3 Å². The molecule has 0 atom stereocenters. The minimum Gasteiger partial charge on any atom is -0.346 e. The van der Waals surface area contributed by atoms with Crippen molar-refractivity contribution in [3.63, 3.8) is 0 Å². The molecule has 0 saturated heterocycles. The molecular formula is C16H20N4O. The monoisotopic (exact) mass is 284 g/mol. The average Bonchev–Trinajstić information content (AvgIpc) is 2.37. The third-order valence-corrected chi connectivity index (χ3v) is 2.65. The van der Waals surface area contributed by atoms with E-state index in [0.717, 1.165) is 11.3 Å². The highest BCUT2D eigenvalue weighted by Gasteiger charge is 2.16. The molecule has 0 aliphatic rings. The van der Waals surface area contributed by atoms with E-state index in [1.807, 2.05) is 52.0 Å². The molecule has 2 rings (SSSR count). The lowest BCUT2D eigenvalue weighted by Gasteiger charge is -2.20. The second kappa shape index (κ2) is 5.91. The number of carbonyl (C=O) groups is 1. The Labute approximate surface area is 124 Å². The van der Waals surface area contributed by atoms with Crippen LogP contribution in [0.4, 0.5) is 11.6 Å². The van der Waals surface area contributed by atoms with Crippen LogP contribution in [0.1, 0.15) is 36.8 Å². The van der Waals surface area contributed by atoms with Gasteiger partial charge in [0.25, 0.3) is 5.91 Å². The molecule has 1 aromatic carbocycles. The number of aryl methyl sites for hydroxylation is 1. The van der Waals surface area contributed by atoms with Crippen molar-refractivity contribution in [2.24, 2.45) is 0 Å². The predicted octanol–water partition coefficient (Wildman–Crippen LogP) is 3.06. The van der Waals surface area contributed by atoms with Crippen LogP contribution in [-0.2, 0) is 0 Å². The van der Waals surface area contributed by atoms with Gasteiger partial charge in [-0.2, -0.15) is 0 Å². The largest absolute Gasteiger partial charge is 0.346 e. The van der Waals surface area contributed by atoms with E-state index in [0.29, 0.717) is 11.6 Å². The second-order valence-corrected chi connectivity index (χ2v) is 5.96. The van der Waals surface area contributed by atoms with Crippen molar-refractivity contribution < 1.29 is 4.79 Å². The summed E-state index contributed by atoms with van der Waals surface area (Å²) in [6.45, 7) is 7.80. The van der Waals surface area contributed by atoms with E-state index < -0.39 is 0 Å². The molecule has 110 valence electrons. The number of rotatable bonds is 3. The van der Waals surface area contributed by atoms with Crippen LogP contribution in [0.25, 0.3) is 0 Å². The summed E-state index contributed by atoms with van der Waals surface area (Å²) in [5.41, 5.74) is 2.08. The van der Waals surface area contributed by atoms with Gasteiger partial charge in [-0.3, -0.25) is 4.79 Å². The lowest BCUT2D eigenvalue weighted by atomic mass is 10.1. The van der Waals surface area contributed by atoms with Gasteiger partial charge < -0.3 is 10.6 Å². The Hall–Kier alpha value is -2.43. The zero-order valence-corrected chi connectivity index (χ0v) is 12.8. The average molecular weight is 284 g/mol. The molecule has 1 amide bonds.